The van der Waals surface area contributed by atoms with E-state index < -0.39 is 0 Å². The van der Waals surface area contributed by atoms with Crippen LogP contribution < -0.4 is 10.1 Å². The average molecular weight is 346 g/mol. The Kier molecular flexibility index (Phi) is 7.29. The number of piperidine rings is 1. The molecule has 5 nitrogen and oxygen atoms in total. The molecule has 1 N–H and O–H groups in total. The maximum absolute atomic E-state index is 12.1. The molecule has 1 saturated heterocycles. The van der Waals surface area contributed by atoms with E-state index in [9.17, 15) is 9.59 Å². The van der Waals surface area contributed by atoms with Gasteiger partial charge < -0.3 is 15.0 Å². The standard InChI is InChI=1S/C20H30N2O3/c1-4-19(24)22-12-10-17(11-13-22)21-18(23)9-6-14-25-20-15(2)7-5-8-16(20)3/h5,7-8,17H,4,6,9-14H2,1-3H3,(H,21,23). The summed E-state index contributed by atoms with van der Waals surface area (Å²) in [6, 6.07) is 6.27. The van der Waals surface area contributed by atoms with Crippen LogP contribution >= 0.6 is 0 Å². The van der Waals surface area contributed by atoms with E-state index in [1.54, 1.807) is 0 Å². The number of carbonyl (C=O) groups excluding carboxylic acids is 2. The van der Waals surface area contributed by atoms with Gasteiger partial charge in [0.15, 0.2) is 0 Å². The van der Waals surface area contributed by atoms with Gasteiger partial charge in [0, 0.05) is 32.0 Å². The maximum atomic E-state index is 12.1. The lowest BCUT2D eigenvalue weighted by molar-refractivity contribution is -0.132. The molecule has 0 unspecified atom stereocenters. The van der Waals surface area contributed by atoms with Crippen molar-refractivity contribution in [3.63, 3.8) is 0 Å². The first-order chi connectivity index (χ1) is 12.0. The van der Waals surface area contributed by atoms with E-state index in [2.05, 4.69) is 5.32 Å². The van der Waals surface area contributed by atoms with Crippen molar-refractivity contribution in [2.24, 2.45) is 0 Å². The van der Waals surface area contributed by atoms with Crippen LogP contribution in [0.4, 0.5) is 0 Å². The van der Waals surface area contributed by atoms with Crippen LogP contribution in [0, 0.1) is 13.8 Å². The number of para-hydroxylation sites is 1. The Morgan fingerprint density at radius 3 is 2.44 bits per heavy atom. The molecule has 2 amide bonds. The minimum Gasteiger partial charge on any atom is -0.493 e. The van der Waals surface area contributed by atoms with Crippen molar-refractivity contribution >= 4 is 11.8 Å². The highest BCUT2D eigenvalue weighted by Gasteiger charge is 2.22. The second-order valence-corrected chi connectivity index (χ2v) is 6.75. The molecule has 0 atom stereocenters. The highest BCUT2D eigenvalue weighted by atomic mass is 16.5. The molecule has 1 aromatic carbocycles. The largest absolute Gasteiger partial charge is 0.493 e. The Morgan fingerprint density at radius 1 is 1.20 bits per heavy atom. The molecule has 0 aromatic heterocycles. The van der Waals surface area contributed by atoms with Crippen molar-refractivity contribution < 1.29 is 14.3 Å². The number of aryl methyl sites for hydroxylation is 2. The predicted octanol–water partition coefficient (Wildman–Crippen LogP) is 2.98. The first kappa shape index (κ1) is 19.3. The van der Waals surface area contributed by atoms with E-state index in [0.717, 1.165) is 42.8 Å². The first-order valence-corrected chi connectivity index (χ1v) is 9.27. The third kappa shape index (κ3) is 5.76. The first-order valence-electron chi connectivity index (χ1n) is 9.27. The number of rotatable bonds is 7. The molecule has 1 fully saturated rings. The summed E-state index contributed by atoms with van der Waals surface area (Å²) < 4.78 is 5.84. The van der Waals surface area contributed by atoms with Gasteiger partial charge in [-0.05, 0) is 44.2 Å². The van der Waals surface area contributed by atoms with Crippen LogP contribution in [-0.2, 0) is 9.59 Å². The van der Waals surface area contributed by atoms with Crippen LogP contribution in [-0.4, -0.2) is 42.5 Å². The van der Waals surface area contributed by atoms with Gasteiger partial charge in [0.1, 0.15) is 5.75 Å². The number of hydrogen-bond donors (Lipinski definition) is 1. The van der Waals surface area contributed by atoms with E-state index in [0.29, 0.717) is 25.9 Å². The van der Waals surface area contributed by atoms with Crippen LogP contribution in [0.3, 0.4) is 0 Å². The normalized spacial score (nSPS) is 15.1. The zero-order valence-corrected chi connectivity index (χ0v) is 15.6. The van der Waals surface area contributed by atoms with Crippen molar-refractivity contribution in [3.05, 3.63) is 29.3 Å². The molecule has 1 heterocycles. The van der Waals surface area contributed by atoms with Gasteiger partial charge in [-0.25, -0.2) is 0 Å². The van der Waals surface area contributed by atoms with Crippen LogP contribution in [0.2, 0.25) is 0 Å². The summed E-state index contributed by atoms with van der Waals surface area (Å²) in [6.45, 7) is 7.98. The molecule has 0 saturated carbocycles. The third-order valence-corrected chi connectivity index (χ3v) is 4.72. The lowest BCUT2D eigenvalue weighted by Gasteiger charge is -2.32. The number of amides is 2. The zero-order valence-electron chi connectivity index (χ0n) is 15.6. The summed E-state index contributed by atoms with van der Waals surface area (Å²) in [5.41, 5.74) is 2.25. The van der Waals surface area contributed by atoms with Crippen LogP contribution in [0.5, 0.6) is 5.75 Å². The van der Waals surface area contributed by atoms with Gasteiger partial charge in [0.05, 0.1) is 6.61 Å². The lowest BCUT2D eigenvalue weighted by atomic mass is 10.0. The fourth-order valence-corrected chi connectivity index (χ4v) is 3.23. The average Bonchev–Trinajstić information content (AvgIpc) is 2.60. The number of carbonyl (C=O) groups is 2. The Morgan fingerprint density at radius 2 is 1.84 bits per heavy atom. The number of likely N-dealkylation sites (tertiary alicyclic amines) is 1. The third-order valence-electron chi connectivity index (χ3n) is 4.72. The van der Waals surface area contributed by atoms with Crippen molar-refractivity contribution in [1.29, 1.82) is 0 Å². The Hall–Kier alpha value is -2.04. The molecule has 25 heavy (non-hydrogen) atoms. The molecule has 0 bridgehead atoms. The smallest absolute Gasteiger partial charge is 0.222 e. The summed E-state index contributed by atoms with van der Waals surface area (Å²) >= 11 is 0. The second-order valence-electron chi connectivity index (χ2n) is 6.75. The van der Waals surface area contributed by atoms with Gasteiger partial charge in [-0.15, -0.1) is 0 Å². The molecule has 0 spiro atoms. The number of nitrogens with one attached hydrogen (secondary N) is 1. The summed E-state index contributed by atoms with van der Waals surface area (Å²) in [4.78, 5) is 25.6. The molecular weight excluding hydrogens is 316 g/mol. The molecule has 2 rings (SSSR count). The number of nitrogens with zero attached hydrogens (tertiary/aromatic N) is 1. The van der Waals surface area contributed by atoms with Crippen LogP contribution in [0.15, 0.2) is 18.2 Å². The van der Waals surface area contributed by atoms with Gasteiger partial charge in [-0.3, -0.25) is 9.59 Å². The summed E-state index contributed by atoms with van der Waals surface area (Å²) in [6.07, 6.45) is 3.41. The second kappa shape index (κ2) is 9.44. The van der Waals surface area contributed by atoms with Crippen molar-refractivity contribution in [1.82, 2.24) is 10.2 Å². The molecule has 138 valence electrons. The maximum Gasteiger partial charge on any atom is 0.222 e. The Bertz CT molecular complexity index is 572. The SMILES string of the molecule is CCC(=O)N1CCC(NC(=O)CCCOc2c(C)cccc2C)CC1. The highest BCUT2D eigenvalue weighted by Crippen LogP contribution is 2.22. The van der Waals surface area contributed by atoms with Gasteiger partial charge in [-0.2, -0.15) is 0 Å². The summed E-state index contributed by atoms with van der Waals surface area (Å²) in [5.74, 6) is 1.20. The fraction of sp³-hybridized carbons (Fsp3) is 0.600. The van der Waals surface area contributed by atoms with E-state index >= 15 is 0 Å². The number of ether oxygens (including phenoxy) is 1. The quantitative estimate of drug-likeness (QED) is 0.772. The minimum atomic E-state index is 0.0744. The Balaban J connectivity index is 1.64. The predicted molar refractivity (Wildman–Crippen MR) is 98.7 cm³/mol. The summed E-state index contributed by atoms with van der Waals surface area (Å²) in [5, 5.41) is 3.09. The number of benzene rings is 1. The van der Waals surface area contributed by atoms with Gasteiger partial charge in [0.2, 0.25) is 11.8 Å². The molecule has 1 aromatic rings. The van der Waals surface area contributed by atoms with Gasteiger partial charge >= 0.3 is 0 Å². The van der Waals surface area contributed by atoms with Crippen molar-refractivity contribution in [2.75, 3.05) is 19.7 Å². The molecule has 1 aliphatic heterocycles. The van der Waals surface area contributed by atoms with Crippen molar-refractivity contribution in [3.8, 4) is 5.75 Å². The molecule has 0 radical (unpaired) electrons. The molecule has 0 aliphatic carbocycles. The van der Waals surface area contributed by atoms with Gasteiger partial charge in [-0.1, -0.05) is 25.1 Å². The topological polar surface area (TPSA) is 58.6 Å². The van der Waals surface area contributed by atoms with Crippen molar-refractivity contribution in [2.45, 2.75) is 58.9 Å². The van der Waals surface area contributed by atoms with E-state index in [1.807, 2.05) is 43.9 Å². The molecule has 1 aliphatic rings. The lowest BCUT2D eigenvalue weighted by Crippen LogP contribution is -2.46. The van der Waals surface area contributed by atoms with E-state index in [-0.39, 0.29) is 17.9 Å². The van der Waals surface area contributed by atoms with E-state index in [4.69, 9.17) is 4.74 Å². The monoisotopic (exact) mass is 346 g/mol. The molecule has 5 heteroatoms. The van der Waals surface area contributed by atoms with Gasteiger partial charge in [0.25, 0.3) is 0 Å². The summed E-state index contributed by atoms with van der Waals surface area (Å²) in [7, 11) is 0. The Labute approximate surface area is 150 Å². The fourth-order valence-electron chi connectivity index (χ4n) is 3.23. The molecular formula is C20H30N2O3. The zero-order chi connectivity index (χ0) is 18.2. The van der Waals surface area contributed by atoms with Crippen LogP contribution in [0.25, 0.3) is 0 Å². The number of hydrogen-bond acceptors (Lipinski definition) is 3. The highest BCUT2D eigenvalue weighted by molar-refractivity contribution is 5.77. The van der Waals surface area contributed by atoms with Crippen LogP contribution in [0.1, 0.15) is 50.2 Å². The minimum absolute atomic E-state index is 0.0744. The van der Waals surface area contributed by atoms with E-state index in [1.165, 1.54) is 0 Å².